The fourth-order valence-electron chi connectivity index (χ4n) is 3.05. The van der Waals surface area contributed by atoms with Crippen molar-refractivity contribution in [2.24, 2.45) is 0 Å². The number of nitrogens with zero attached hydrogens (tertiary/aromatic N) is 2. The number of rotatable bonds is 12. The van der Waals surface area contributed by atoms with Gasteiger partial charge in [0.25, 0.3) is 0 Å². The van der Waals surface area contributed by atoms with Crippen molar-refractivity contribution in [1.29, 1.82) is 0 Å². The highest BCUT2D eigenvalue weighted by Crippen LogP contribution is 2.26. The Hall–Kier alpha value is -3.72. The van der Waals surface area contributed by atoms with Crippen molar-refractivity contribution in [3.8, 4) is 11.1 Å². The number of aromatic nitrogens is 2. The first-order valence-electron chi connectivity index (χ1n) is 10.8. The second-order valence-corrected chi connectivity index (χ2v) is 7.68. The molecular formula is C24H28N6O2S. The highest BCUT2D eigenvalue weighted by atomic mass is 32.1. The molecule has 2 aromatic carbocycles. The van der Waals surface area contributed by atoms with E-state index in [1.807, 2.05) is 54.7 Å². The first-order valence-corrected chi connectivity index (χ1v) is 11.2. The number of carboxylic acids is 1. The van der Waals surface area contributed by atoms with Crippen LogP contribution in [0.2, 0.25) is 0 Å². The molecule has 0 unspecified atom stereocenters. The van der Waals surface area contributed by atoms with Crippen molar-refractivity contribution < 1.29 is 9.90 Å². The Labute approximate surface area is 198 Å². The van der Waals surface area contributed by atoms with Gasteiger partial charge < -0.3 is 26.4 Å². The number of hydrogen-bond donors (Lipinski definition) is 5. The van der Waals surface area contributed by atoms with Crippen LogP contribution in [0, 0.1) is 0 Å². The Morgan fingerprint density at radius 2 is 1.61 bits per heavy atom. The number of carboxylic acid groups (broad SMARTS) is 1. The Balaban J connectivity index is 1.56. The maximum Gasteiger partial charge on any atom is 0.305 e. The van der Waals surface area contributed by atoms with Crippen molar-refractivity contribution >= 4 is 35.1 Å². The lowest BCUT2D eigenvalue weighted by Gasteiger charge is -2.14. The van der Waals surface area contributed by atoms with E-state index in [9.17, 15) is 4.79 Å². The summed E-state index contributed by atoms with van der Waals surface area (Å²) in [5.41, 5.74) is 3.12. The number of thiocarbonyl (C=S) groups is 1. The number of nitrogens with one attached hydrogen (secondary N) is 4. The predicted octanol–water partition coefficient (Wildman–Crippen LogP) is 3.50. The summed E-state index contributed by atoms with van der Waals surface area (Å²) in [4.78, 5) is 19.8. The molecule has 0 amide bonds. The van der Waals surface area contributed by atoms with Gasteiger partial charge in [-0.25, -0.2) is 4.98 Å². The molecule has 0 aliphatic carbocycles. The summed E-state index contributed by atoms with van der Waals surface area (Å²) in [6.07, 6.45) is 2.66. The number of hydrogen-bond acceptors (Lipinski definition) is 6. The van der Waals surface area contributed by atoms with Crippen LogP contribution in [0.1, 0.15) is 18.4 Å². The molecule has 0 spiro atoms. The van der Waals surface area contributed by atoms with Crippen molar-refractivity contribution in [1.82, 2.24) is 20.6 Å². The van der Waals surface area contributed by atoms with E-state index >= 15 is 0 Å². The molecule has 172 valence electrons. The Morgan fingerprint density at radius 3 is 2.33 bits per heavy atom. The molecule has 8 nitrogen and oxygen atoms in total. The molecule has 1 aromatic heterocycles. The summed E-state index contributed by atoms with van der Waals surface area (Å²) in [5, 5.41) is 21.8. The van der Waals surface area contributed by atoms with E-state index in [1.165, 1.54) is 0 Å². The molecule has 0 aliphatic rings. The molecule has 33 heavy (non-hydrogen) atoms. The minimum Gasteiger partial charge on any atom is -0.481 e. The molecule has 0 bridgehead atoms. The summed E-state index contributed by atoms with van der Waals surface area (Å²) in [6.45, 7) is 2.28. The van der Waals surface area contributed by atoms with Crippen LogP contribution in [0.15, 0.2) is 66.9 Å². The zero-order valence-corrected chi connectivity index (χ0v) is 19.1. The lowest BCUT2D eigenvalue weighted by molar-refractivity contribution is -0.136. The van der Waals surface area contributed by atoms with Gasteiger partial charge in [0.2, 0.25) is 5.95 Å². The number of aliphatic carboxylic acids is 1. The summed E-state index contributed by atoms with van der Waals surface area (Å²) >= 11 is 5.16. The van der Waals surface area contributed by atoms with Crippen LogP contribution >= 0.6 is 12.2 Å². The van der Waals surface area contributed by atoms with Gasteiger partial charge in [-0.05, 0) is 29.8 Å². The van der Waals surface area contributed by atoms with E-state index in [0.717, 1.165) is 28.9 Å². The van der Waals surface area contributed by atoms with E-state index in [4.69, 9.17) is 22.3 Å². The standard InChI is InChI=1S/C24H28N6O2S/c31-21(32)12-15-27-24(33)26-14-7-13-25-22-20(19-10-5-2-6-11-19)17-29-23(30-22)28-16-18-8-3-1-4-9-18/h1-6,8-11,17H,7,12-16H2,(H,31,32)(H2,26,27,33)(H2,25,28,29,30). The molecular weight excluding hydrogens is 436 g/mol. The van der Waals surface area contributed by atoms with Gasteiger partial charge in [0.15, 0.2) is 5.11 Å². The monoisotopic (exact) mass is 464 g/mol. The predicted molar refractivity (Wildman–Crippen MR) is 135 cm³/mol. The van der Waals surface area contributed by atoms with Gasteiger partial charge in [0.05, 0.1) is 6.42 Å². The molecule has 3 aromatic rings. The second kappa shape index (κ2) is 13.0. The highest BCUT2D eigenvalue weighted by molar-refractivity contribution is 7.80. The van der Waals surface area contributed by atoms with Gasteiger partial charge in [0, 0.05) is 37.9 Å². The molecule has 0 fully saturated rings. The Morgan fingerprint density at radius 1 is 0.909 bits per heavy atom. The largest absolute Gasteiger partial charge is 0.481 e. The second-order valence-electron chi connectivity index (χ2n) is 7.27. The fraction of sp³-hybridized carbons (Fsp3) is 0.250. The maximum atomic E-state index is 10.6. The van der Waals surface area contributed by atoms with Gasteiger partial charge in [-0.15, -0.1) is 0 Å². The summed E-state index contributed by atoms with van der Waals surface area (Å²) in [5.74, 6) is 0.461. The van der Waals surface area contributed by atoms with Crippen LogP contribution in [0.25, 0.3) is 11.1 Å². The van der Waals surface area contributed by atoms with Crippen LogP contribution in [0.5, 0.6) is 0 Å². The average molecular weight is 465 g/mol. The lowest BCUT2D eigenvalue weighted by Crippen LogP contribution is -2.37. The van der Waals surface area contributed by atoms with Crippen LogP contribution < -0.4 is 21.3 Å². The Bertz CT molecular complexity index is 1030. The highest BCUT2D eigenvalue weighted by Gasteiger charge is 2.09. The molecule has 9 heteroatoms. The zero-order chi connectivity index (χ0) is 23.3. The van der Waals surface area contributed by atoms with Crippen LogP contribution in [0.3, 0.4) is 0 Å². The normalized spacial score (nSPS) is 10.3. The topological polar surface area (TPSA) is 111 Å². The Kier molecular flexibility index (Phi) is 9.41. The van der Waals surface area contributed by atoms with Gasteiger partial charge in [-0.1, -0.05) is 60.7 Å². The number of benzene rings is 2. The van der Waals surface area contributed by atoms with Gasteiger partial charge in [0.1, 0.15) is 5.82 Å². The number of anilines is 2. The third kappa shape index (κ3) is 8.38. The van der Waals surface area contributed by atoms with Crippen molar-refractivity contribution in [2.45, 2.75) is 19.4 Å². The molecule has 0 radical (unpaired) electrons. The number of carbonyl (C=O) groups is 1. The van der Waals surface area contributed by atoms with E-state index in [0.29, 0.717) is 37.2 Å². The first-order chi connectivity index (χ1) is 16.1. The SMILES string of the molecule is O=C(O)CCNC(=S)NCCCNc1nc(NCc2ccccc2)ncc1-c1ccccc1. The maximum absolute atomic E-state index is 10.6. The molecule has 3 rings (SSSR count). The summed E-state index contributed by atoms with van der Waals surface area (Å²) < 4.78 is 0. The van der Waals surface area contributed by atoms with Crippen LogP contribution in [-0.2, 0) is 11.3 Å². The average Bonchev–Trinajstić information content (AvgIpc) is 2.83. The zero-order valence-electron chi connectivity index (χ0n) is 18.3. The fourth-order valence-corrected chi connectivity index (χ4v) is 3.25. The summed E-state index contributed by atoms with van der Waals surface area (Å²) in [7, 11) is 0. The van der Waals surface area contributed by atoms with E-state index in [1.54, 1.807) is 0 Å². The third-order valence-electron chi connectivity index (χ3n) is 4.72. The summed E-state index contributed by atoms with van der Waals surface area (Å²) in [6, 6.07) is 20.1. The lowest BCUT2D eigenvalue weighted by atomic mass is 10.1. The minimum absolute atomic E-state index is 0.0278. The molecule has 0 atom stereocenters. The van der Waals surface area contributed by atoms with Crippen molar-refractivity contribution in [3.05, 3.63) is 72.4 Å². The molecule has 0 aliphatic heterocycles. The molecule has 5 N–H and O–H groups in total. The van der Waals surface area contributed by atoms with Gasteiger partial charge in [-0.3, -0.25) is 4.79 Å². The minimum atomic E-state index is -0.855. The smallest absolute Gasteiger partial charge is 0.305 e. The van der Waals surface area contributed by atoms with Gasteiger partial charge in [-0.2, -0.15) is 4.98 Å². The van der Waals surface area contributed by atoms with Crippen molar-refractivity contribution in [3.63, 3.8) is 0 Å². The van der Waals surface area contributed by atoms with E-state index < -0.39 is 5.97 Å². The molecule has 1 heterocycles. The van der Waals surface area contributed by atoms with E-state index in [-0.39, 0.29) is 6.42 Å². The molecule has 0 saturated heterocycles. The van der Waals surface area contributed by atoms with Crippen LogP contribution in [0.4, 0.5) is 11.8 Å². The van der Waals surface area contributed by atoms with Gasteiger partial charge >= 0.3 is 5.97 Å². The first kappa shape index (κ1) is 23.9. The van der Waals surface area contributed by atoms with E-state index in [2.05, 4.69) is 38.4 Å². The van der Waals surface area contributed by atoms with Crippen molar-refractivity contribution in [2.75, 3.05) is 30.3 Å². The van der Waals surface area contributed by atoms with Crippen LogP contribution in [-0.4, -0.2) is 45.8 Å². The quantitative estimate of drug-likeness (QED) is 0.203. The molecule has 0 saturated carbocycles. The third-order valence-corrected chi connectivity index (χ3v) is 5.01.